The van der Waals surface area contributed by atoms with Gasteiger partial charge in [0.25, 0.3) is 0 Å². The van der Waals surface area contributed by atoms with Crippen molar-refractivity contribution in [3.63, 3.8) is 0 Å². The molecule has 3 aliphatic rings. The first-order valence-electron chi connectivity index (χ1n) is 13.2. The van der Waals surface area contributed by atoms with E-state index in [-0.39, 0.29) is 12.6 Å². The Kier molecular flexibility index (Phi) is 8.00. The zero-order valence-electron chi connectivity index (χ0n) is 21.6. The molecule has 1 aromatic heterocycles. The Morgan fingerprint density at radius 2 is 1.92 bits per heavy atom. The highest BCUT2D eigenvalue weighted by Gasteiger charge is 2.49. The van der Waals surface area contributed by atoms with Crippen molar-refractivity contribution >= 4 is 52.5 Å². The van der Waals surface area contributed by atoms with Crippen LogP contribution < -0.4 is 10.2 Å². The van der Waals surface area contributed by atoms with Crippen LogP contribution in [0.4, 0.5) is 11.8 Å². The van der Waals surface area contributed by atoms with E-state index < -0.39 is 11.4 Å². The van der Waals surface area contributed by atoms with Gasteiger partial charge in [-0.1, -0.05) is 40.9 Å². The fourth-order valence-electron chi connectivity index (χ4n) is 6.10. The fraction of sp³-hybridized carbons (Fsp3) is 0.593. The zero-order chi connectivity index (χ0) is 27.2. The van der Waals surface area contributed by atoms with Crippen LogP contribution in [0.25, 0.3) is 0 Å². The molecule has 11 heteroatoms. The van der Waals surface area contributed by atoms with Crippen LogP contribution in [0.15, 0.2) is 18.2 Å². The van der Waals surface area contributed by atoms with E-state index in [9.17, 15) is 15.0 Å². The van der Waals surface area contributed by atoms with Crippen LogP contribution >= 0.6 is 34.8 Å². The van der Waals surface area contributed by atoms with Gasteiger partial charge in [0.05, 0.1) is 23.8 Å². The van der Waals surface area contributed by atoms with Gasteiger partial charge in [0.1, 0.15) is 5.02 Å². The molecule has 3 heterocycles. The van der Waals surface area contributed by atoms with E-state index in [4.69, 9.17) is 39.8 Å². The molecular weight excluding hydrogens is 549 g/mol. The smallest absolute Gasteiger partial charge is 0.309 e. The van der Waals surface area contributed by atoms with E-state index in [0.717, 1.165) is 51.0 Å². The van der Waals surface area contributed by atoms with Crippen molar-refractivity contribution < 1.29 is 15.0 Å². The highest BCUT2D eigenvalue weighted by molar-refractivity contribution is 6.35. The summed E-state index contributed by atoms with van der Waals surface area (Å²) < 4.78 is 0. The summed E-state index contributed by atoms with van der Waals surface area (Å²) in [5.41, 5.74) is 0.676. The Morgan fingerprint density at radius 1 is 1.18 bits per heavy atom. The Morgan fingerprint density at radius 3 is 2.58 bits per heavy atom. The molecule has 2 saturated heterocycles. The lowest BCUT2D eigenvalue weighted by molar-refractivity contribution is -0.158. The molecule has 206 valence electrons. The van der Waals surface area contributed by atoms with Crippen LogP contribution in [0, 0.1) is 17.3 Å². The predicted octanol–water partition coefficient (Wildman–Crippen LogP) is 5.50. The van der Waals surface area contributed by atoms with Crippen LogP contribution in [0.3, 0.4) is 0 Å². The molecule has 1 aromatic carbocycles. The number of halogens is 3. The quantitative estimate of drug-likeness (QED) is 0.375. The first-order chi connectivity index (χ1) is 18.1. The number of nitrogens with zero attached hydrogens (tertiary/aromatic N) is 4. The largest absolute Gasteiger partial charge is 0.481 e. The lowest BCUT2D eigenvalue weighted by atomic mass is 9.65. The molecule has 0 spiro atoms. The van der Waals surface area contributed by atoms with Crippen LogP contribution in [0.5, 0.6) is 0 Å². The zero-order valence-corrected chi connectivity index (χ0v) is 23.9. The molecule has 2 aromatic rings. The third-order valence-corrected chi connectivity index (χ3v) is 9.55. The summed E-state index contributed by atoms with van der Waals surface area (Å²) in [6, 6.07) is 5.54. The SMILES string of the molecule is C[C@@H](Nc1nc(N2CC([C@H]3CCCN([C@H]4C[C@](C)(C(=O)O)C4)C3)C2)nc(CO)c1Cl)c1ccc(Cl)cc1Cl. The molecule has 0 unspecified atom stereocenters. The average Bonchev–Trinajstić information content (AvgIpc) is 2.82. The highest BCUT2D eigenvalue weighted by atomic mass is 35.5. The minimum atomic E-state index is -0.679. The minimum absolute atomic E-state index is 0.196. The number of benzene rings is 1. The monoisotopic (exact) mass is 581 g/mol. The highest BCUT2D eigenvalue weighted by Crippen LogP contribution is 2.45. The van der Waals surface area contributed by atoms with E-state index in [1.165, 1.54) is 6.42 Å². The fourth-order valence-corrected chi connectivity index (χ4v) is 6.87. The van der Waals surface area contributed by atoms with Crippen LogP contribution in [-0.2, 0) is 11.4 Å². The van der Waals surface area contributed by atoms with E-state index >= 15 is 0 Å². The Hall–Kier alpha value is -1.84. The van der Waals surface area contributed by atoms with Gasteiger partial charge in [-0.2, -0.15) is 4.98 Å². The number of nitrogens with one attached hydrogen (secondary N) is 1. The molecule has 0 amide bonds. The second-order valence-electron chi connectivity index (χ2n) is 11.3. The average molecular weight is 583 g/mol. The van der Waals surface area contributed by atoms with Crippen LogP contribution in [-0.4, -0.2) is 63.3 Å². The number of rotatable bonds is 8. The number of likely N-dealkylation sites (tertiary alicyclic amines) is 1. The topological polar surface area (TPSA) is 102 Å². The first kappa shape index (κ1) is 27.7. The van der Waals surface area contributed by atoms with Crippen molar-refractivity contribution in [1.29, 1.82) is 0 Å². The van der Waals surface area contributed by atoms with Crippen molar-refractivity contribution in [3.8, 4) is 0 Å². The molecule has 3 fully saturated rings. The Bertz CT molecular complexity index is 1200. The standard InChI is InChI=1S/C27H34Cl3N5O3/c1-15(20-6-5-18(28)8-21(20)29)31-24-23(30)22(14-36)32-26(33-24)35-12-17(13-35)16-4-3-7-34(11-16)19-9-27(2,10-19)25(37)38/h5-6,8,15-17,19,36H,3-4,7,9-14H2,1-2H3,(H,37,38)(H,31,32,33)/t15-,16+,19-,27-/m1/s1. The number of anilines is 2. The summed E-state index contributed by atoms with van der Waals surface area (Å²) in [6.07, 6.45) is 3.81. The second kappa shape index (κ2) is 11.0. The van der Waals surface area contributed by atoms with Crippen LogP contribution in [0.1, 0.15) is 56.8 Å². The number of carbonyl (C=O) groups is 1. The minimum Gasteiger partial charge on any atom is -0.481 e. The van der Waals surface area contributed by atoms with E-state index in [2.05, 4.69) is 20.1 Å². The molecule has 1 saturated carbocycles. The Labute approximate surface area is 238 Å². The molecule has 8 nitrogen and oxygen atoms in total. The van der Waals surface area contributed by atoms with Crippen molar-refractivity contribution in [2.45, 2.75) is 58.2 Å². The van der Waals surface area contributed by atoms with Crippen LogP contribution in [0.2, 0.25) is 15.1 Å². The number of piperidine rings is 1. The molecule has 3 N–H and O–H groups in total. The molecule has 1 aliphatic carbocycles. The van der Waals surface area contributed by atoms with Crippen molar-refractivity contribution in [3.05, 3.63) is 44.5 Å². The number of aliphatic hydroxyl groups is 1. The maximum Gasteiger partial charge on any atom is 0.309 e. The van der Waals surface area contributed by atoms with E-state index in [1.54, 1.807) is 12.1 Å². The van der Waals surface area contributed by atoms with Gasteiger partial charge in [0, 0.05) is 35.7 Å². The molecule has 0 radical (unpaired) electrons. The van der Waals surface area contributed by atoms with Crippen molar-refractivity contribution in [2.24, 2.45) is 17.3 Å². The lowest BCUT2D eigenvalue weighted by Crippen LogP contribution is -2.58. The maximum absolute atomic E-state index is 11.5. The van der Waals surface area contributed by atoms with Gasteiger partial charge in [-0.05, 0) is 75.6 Å². The van der Waals surface area contributed by atoms with Gasteiger partial charge in [-0.25, -0.2) is 4.98 Å². The molecule has 2 aliphatic heterocycles. The number of aliphatic carboxylic acids is 1. The van der Waals surface area contributed by atoms with E-state index in [0.29, 0.717) is 50.4 Å². The van der Waals surface area contributed by atoms with Crippen molar-refractivity contribution in [2.75, 3.05) is 36.4 Å². The predicted molar refractivity (Wildman–Crippen MR) is 150 cm³/mol. The number of aromatic nitrogens is 2. The third kappa shape index (κ3) is 5.43. The number of aliphatic hydroxyl groups excluding tert-OH is 1. The summed E-state index contributed by atoms with van der Waals surface area (Å²) in [4.78, 5) is 25.4. The van der Waals surface area contributed by atoms with Crippen molar-refractivity contribution in [1.82, 2.24) is 14.9 Å². The summed E-state index contributed by atoms with van der Waals surface area (Å²) >= 11 is 19.0. The summed E-state index contributed by atoms with van der Waals surface area (Å²) in [7, 11) is 0. The number of hydrogen-bond donors (Lipinski definition) is 3. The lowest BCUT2D eigenvalue weighted by Gasteiger charge is -2.52. The number of hydrogen-bond acceptors (Lipinski definition) is 7. The molecule has 5 rings (SSSR count). The summed E-state index contributed by atoms with van der Waals surface area (Å²) in [5, 5.41) is 24.1. The van der Waals surface area contributed by atoms with Gasteiger partial charge in [-0.15, -0.1) is 0 Å². The number of carboxylic acids is 1. The van der Waals surface area contributed by atoms with Gasteiger partial charge < -0.3 is 25.3 Å². The molecular formula is C27H34Cl3N5O3. The summed E-state index contributed by atoms with van der Waals surface area (Å²) in [6.45, 7) is 7.30. The van der Waals surface area contributed by atoms with E-state index in [1.807, 2.05) is 19.9 Å². The van der Waals surface area contributed by atoms with Gasteiger partial charge >= 0.3 is 5.97 Å². The third-order valence-electron chi connectivity index (χ3n) is 8.59. The molecule has 0 bridgehead atoms. The molecule has 2 atom stereocenters. The van der Waals surface area contributed by atoms with Gasteiger partial charge in [-0.3, -0.25) is 4.79 Å². The normalized spacial score (nSPS) is 26.9. The Balaban J connectivity index is 1.23. The number of carboxylic acid groups (broad SMARTS) is 1. The first-order valence-corrected chi connectivity index (χ1v) is 14.3. The summed E-state index contributed by atoms with van der Waals surface area (Å²) in [5.74, 6) is 1.44. The van der Waals surface area contributed by atoms with Gasteiger partial charge in [0.2, 0.25) is 5.95 Å². The second-order valence-corrected chi connectivity index (χ2v) is 12.5. The maximum atomic E-state index is 11.5. The van der Waals surface area contributed by atoms with Gasteiger partial charge in [0.15, 0.2) is 5.82 Å². The molecule has 38 heavy (non-hydrogen) atoms.